The van der Waals surface area contributed by atoms with Gasteiger partial charge in [-0.2, -0.15) is 5.10 Å². The lowest BCUT2D eigenvalue weighted by Gasteiger charge is -2.12. The number of anilines is 2. The minimum Gasteiger partial charge on any atom is -0.493 e. The van der Waals surface area contributed by atoms with E-state index < -0.39 is 0 Å². The molecule has 0 bridgehead atoms. The number of thiocarbonyl (C=S) groups is 1. The summed E-state index contributed by atoms with van der Waals surface area (Å²) >= 11 is 23.7. The van der Waals surface area contributed by atoms with E-state index in [1.807, 2.05) is 12.1 Å². The molecule has 3 aromatic rings. The summed E-state index contributed by atoms with van der Waals surface area (Å²) in [5.41, 5.74) is 1.67. The molecule has 0 saturated heterocycles. The minimum atomic E-state index is 0.332. The van der Waals surface area contributed by atoms with Gasteiger partial charge in [0.1, 0.15) is 5.02 Å². The molecule has 2 N–H and O–H groups in total. The number of rotatable bonds is 6. The summed E-state index contributed by atoms with van der Waals surface area (Å²) in [7, 11) is 3.14. The van der Waals surface area contributed by atoms with Crippen LogP contribution < -0.4 is 20.1 Å². The summed E-state index contributed by atoms with van der Waals surface area (Å²) in [4.78, 5) is 0. The maximum absolute atomic E-state index is 6.29. The van der Waals surface area contributed by atoms with Crippen LogP contribution in [0.1, 0.15) is 5.56 Å². The van der Waals surface area contributed by atoms with Gasteiger partial charge < -0.3 is 20.1 Å². The summed E-state index contributed by atoms with van der Waals surface area (Å²) in [6.45, 7) is 0.480. The maximum atomic E-state index is 6.29. The third-order valence-corrected chi connectivity index (χ3v) is 5.14. The Morgan fingerprint density at radius 3 is 2.41 bits per heavy atom. The van der Waals surface area contributed by atoms with E-state index in [4.69, 9.17) is 56.5 Å². The van der Waals surface area contributed by atoms with Crippen LogP contribution in [0.3, 0.4) is 0 Å². The van der Waals surface area contributed by atoms with Crippen LogP contribution in [-0.4, -0.2) is 29.1 Å². The molecule has 0 unspecified atom stereocenters. The van der Waals surface area contributed by atoms with Gasteiger partial charge in [-0.3, -0.25) is 4.68 Å². The lowest BCUT2D eigenvalue weighted by atomic mass is 10.2. The van der Waals surface area contributed by atoms with Crippen LogP contribution in [0.25, 0.3) is 0 Å². The number of ether oxygens (including phenoxy) is 2. The number of halogens is 3. The highest BCUT2D eigenvalue weighted by atomic mass is 35.5. The van der Waals surface area contributed by atoms with Crippen LogP contribution in [0.5, 0.6) is 11.5 Å². The van der Waals surface area contributed by atoms with Gasteiger partial charge in [-0.25, -0.2) is 0 Å². The zero-order valence-corrected chi connectivity index (χ0v) is 18.6. The first-order valence-corrected chi connectivity index (χ1v) is 9.90. The molecule has 152 valence electrons. The maximum Gasteiger partial charge on any atom is 0.176 e. The van der Waals surface area contributed by atoms with Crippen LogP contribution in [0.4, 0.5) is 11.5 Å². The molecule has 3 rings (SSSR count). The number of aromatic nitrogens is 2. The number of benzene rings is 2. The van der Waals surface area contributed by atoms with Crippen LogP contribution in [0.15, 0.2) is 42.6 Å². The highest BCUT2D eigenvalue weighted by Crippen LogP contribution is 2.30. The zero-order valence-electron chi connectivity index (χ0n) is 15.5. The van der Waals surface area contributed by atoms with Gasteiger partial charge in [0.25, 0.3) is 0 Å². The molecule has 0 aliphatic rings. The fourth-order valence-corrected chi connectivity index (χ4v) is 3.30. The number of hydrogen-bond acceptors (Lipinski definition) is 4. The van der Waals surface area contributed by atoms with Crippen molar-refractivity contribution < 1.29 is 9.47 Å². The molecule has 0 amide bonds. The van der Waals surface area contributed by atoms with Gasteiger partial charge in [0, 0.05) is 18.0 Å². The van der Waals surface area contributed by atoms with Crippen LogP contribution in [0, 0.1) is 0 Å². The lowest BCUT2D eigenvalue weighted by molar-refractivity contribution is 0.355. The molecule has 0 radical (unpaired) electrons. The van der Waals surface area contributed by atoms with E-state index >= 15 is 0 Å². The number of methoxy groups -OCH3 is 2. The number of nitrogens with zero attached hydrogens (tertiary/aromatic N) is 2. The van der Waals surface area contributed by atoms with Crippen LogP contribution in [0.2, 0.25) is 15.1 Å². The first kappa shape index (κ1) is 21.5. The van der Waals surface area contributed by atoms with Crippen molar-refractivity contribution in [3.8, 4) is 11.5 Å². The molecular weight excluding hydrogens is 455 g/mol. The van der Waals surface area contributed by atoms with Crippen molar-refractivity contribution in [2.75, 3.05) is 24.9 Å². The molecule has 29 heavy (non-hydrogen) atoms. The second kappa shape index (κ2) is 9.54. The third-order valence-electron chi connectivity index (χ3n) is 3.92. The molecule has 6 nitrogen and oxygen atoms in total. The molecule has 2 aromatic carbocycles. The second-order valence-electron chi connectivity index (χ2n) is 5.92. The molecular formula is C19H17Cl3N4O2S. The van der Waals surface area contributed by atoms with Crippen molar-refractivity contribution in [3.05, 3.63) is 63.2 Å². The molecule has 10 heteroatoms. The molecule has 0 aliphatic heterocycles. The Bertz CT molecular complexity index is 1040. The first-order chi connectivity index (χ1) is 13.9. The van der Waals surface area contributed by atoms with Crippen molar-refractivity contribution >= 4 is 63.6 Å². The third kappa shape index (κ3) is 5.45. The van der Waals surface area contributed by atoms with Crippen molar-refractivity contribution in [2.45, 2.75) is 6.54 Å². The molecule has 0 fully saturated rings. The number of nitrogens with one attached hydrogen (secondary N) is 2. The van der Waals surface area contributed by atoms with E-state index in [9.17, 15) is 0 Å². The highest BCUT2D eigenvalue weighted by molar-refractivity contribution is 7.80. The van der Waals surface area contributed by atoms with E-state index in [2.05, 4.69) is 15.7 Å². The number of hydrogen-bond donors (Lipinski definition) is 2. The van der Waals surface area contributed by atoms with Crippen molar-refractivity contribution in [1.82, 2.24) is 9.78 Å². The average Bonchev–Trinajstić information content (AvgIpc) is 3.03. The smallest absolute Gasteiger partial charge is 0.176 e. The van der Waals surface area contributed by atoms with Crippen molar-refractivity contribution in [3.63, 3.8) is 0 Å². The van der Waals surface area contributed by atoms with Crippen LogP contribution in [-0.2, 0) is 6.54 Å². The predicted octanol–water partition coefficient (Wildman–Crippen LogP) is 5.72. The lowest BCUT2D eigenvalue weighted by Crippen LogP contribution is -2.19. The Kier molecular flexibility index (Phi) is 7.08. The SMILES string of the molecule is COc1ccc(NC(=S)Nc2nn(Cc3ccc(Cl)c(Cl)c3)cc2Cl)cc1OC. The Balaban J connectivity index is 1.67. The fourth-order valence-electron chi connectivity index (χ4n) is 2.57. The fraction of sp³-hybridized carbons (Fsp3) is 0.158. The molecule has 1 heterocycles. The Labute approximate surface area is 188 Å². The predicted molar refractivity (Wildman–Crippen MR) is 122 cm³/mol. The molecule has 1 aromatic heterocycles. The van der Waals surface area contributed by atoms with E-state index in [0.717, 1.165) is 11.3 Å². The normalized spacial score (nSPS) is 10.5. The monoisotopic (exact) mass is 470 g/mol. The van der Waals surface area contributed by atoms with E-state index in [0.29, 0.717) is 44.0 Å². The van der Waals surface area contributed by atoms with E-state index in [1.54, 1.807) is 49.4 Å². The molecule has 0 spiro atoms. The Hall–Kier alpha value is -2.19. The van der Waals surface area contributed by atoms with Gasteiger partial charge >= 0.3 is 0 Å². The summed E-state index contributed by atoms with van der Waals surface area (Å²) in [6, 6.07) is 10.8. The topological polar surface area (TPSA) is 60.3 Å². The van der Waals surface area contributed by atoms with E-state index in [1.165, 1.54) is 0 Å². The second-order valence-corrected chi connectivity index (χ2v) is 7.55. The Morgan fingerprint density at radius 2 is 1.72 bits per heavy atom. The quantitative estimate of drug-likeness (QED) is 0.449. The Morgan fingerprint density at radius 1 is 0.966 bits per heavy atom. The molecule has 0 saturated carbocycles. The summed E-state index contributed by atoms with van der Waals surface area (Å²) in [5, 5.41) is 12.2. The van der Waals surface area contributed by atoms with Crippen LogP contribution >= 0.6 is 47.0 Å². The van der Waals surface area contributed by atoms with Gasteiger partial charge in [-0.1, -0.05) is 40.9 Å². The molecule has 0 atom stereocenters. The molecule has 0 aliphatic carbocycles. The van der Waals surface area contributed by atoms with Gasteiger partial charge in [0.15, 0.2) is 22.4 Å². The van der Waals surface area contributed by atoms with Gasteiger partial charge in [-0.15, -0.1) is 0 Å². The largest absolute Gasteiger partial charge is 0.493 e. The highest BCUT2D eigenvalue weighted by Gasteiger charge is 2.11. The average molecular weight is 472 g/mol. The first-order valence-electron chi connectivity index (χ1n) is 8.36. The minimum absolute atomic E-state index is 0.332. The van der Waals surface area contributed by atoms with E-state index in [-0.39, 0.29) is 0 Å². The summed E-state index contributed by atoms with van der Waals surface area (Å²) in [5.74, 6) is 1.65. The summed E-state index contributed by atoms with van der Waals surface area (Å²) in [6.07, 6.45) is 1.70. The van der Waals surface area contributed by atoms with Gasteiger partial charge in [-0.05, 0) is 42.0 Å². The van der Waals surface area contributed by atoms with Crippen molar-refractivity contribution in [1.29, 1.82) is 0 Å². The standard InChI is InChI=1S/C19H17Cl3N4O2S/c1-27-16-6-4-12(8-17(16)28-2)23-19(29)24-18-15(22)10-26(25-18)9-11-3-5-13(20)14(21)7-11/h3-8,10H,9H2,1-2H3,(H2,23,24,25,29). The van der Waals surface area contributed by atoms with Crippen molar-refractivity contribution in [2.24, 2.45) is 0 Å². The van der Waals surface area contributed by atoms with Gasteiger partial charge in [0.2, 0.25) is 0 Å². The summed E-state index contributed by atoms with van der Waals surface area (Å²) < 4.78 is 12.2. The van der Waals surface area contributed by atoms with Gasteiger partial charge in [0.05, 0.1) is 30.8 Å². The zero-order chi connectivity index (χ0) is 21.0.